The average molecular weight is 332 g/mol. The molecule has 0 fully saturated rings. The molecule has 6 nitrogen and oxygen atoms in total. The van der Waals surface area contributed by atoms with Gasteiger partial charge in [-0.3, -0.25) is 9.48 Å². The standard InChI is InChI=1S/C16H18ClN5O/c1-10-14(11(2)21(3)20-10)6-16(23)18-7-13-9-22-8-12(17)4-5-15(22)19-13/h4-5,8-9H,6-7H2,1-3H3,(H,18,23). The molecule has 0 saturated heterocycles. The molecule has 1 amide bonds. The van der Waals surface area contributed by atoms with Gasteiger partial charge < -0.3 is 9.72 Å². The van der Waals surface area contributed by atoms with Crippen LogP contribution in [0.1, 0.15) is 22.6 Å². The number of nitrogens with one attached hydrogen (secondary N) is 1. The Labute approximate surface area is 139 Å². The molecular weight excluding hydrogens is 314 g/mol. The number of imidazole rings is 1. The Balaban J connectivity index is 1.66. The van der Waals surface area contributed by atoms with Crippen molar-refractivity contribution in [2.24, 2.45) is 7.05 Å². The van der Waals surface area contributed by atoms with Crippen LogP contribution in [-0.4, -0.2) is 25.1 Å². The molecule has 0 aliphatic rings. The monoisotopic (exact) mass is 331 g/mol. The number of halogens is 1. The predicted octanol–water partition coefficient (Wildman–Crippen LogP) is 2.20. The summed E-state index contributed by atoms with van der Waals surface area (Å²) in [4.78, 5) is 16.6. The van der Waals surface area contributed by atoms with E-state index in [1.54, 1.807) is 16.9 Å². The molecule has 0 aromatic carbocycles. The summed E-state index contributed by atoms with van der Waals surface area (Å²) in [6, 6.07) is 3.64. The van der Waals surface area contributed by atoms with Crippen molar-refractivity contribution < 1.29 is 4.79 Å². The number of nitrogens with zero attached hydrogens (tertiary/aromatic N) is 4. The van der Waals surface area contributed by atoms with E-state index in [4.69, 9.17) is 11.6 Å². The molecular formula is C16H18ClN5O. The summed E-state index contributed by atoms with van der Waals surface area (Å²) in [5.74, 6) is -0.0423. The lowest BCUT2D eigenvalue weighted by molar-refractivity contribution is -0.120. The van der Waals surface area contributed by atoms with E-state index < -0.39 is 0 Å². The number of aromatic nitrogens is 4. The summed E-state index contributed by atoms with van der Waals surface area (Å²) in [5.41, 5.74) is 4.48. The molecule has 0 spiro atoms. The molecule has 120 valence electrons. The highest BCUT2D eigenvalue weighted by Crippen LogP contribution is 2.13. The SMILES string of the molecule is Cc1nn(C)c(C)c1CC(=O)NCc1cn2cc(Cl)ccc2n1. The average Bonchev–Trinajstić information content (AvgIpc) is 3.00. The van der Waals surface area contributed by atoms with Gasteiger partial charge in [-0.2, -0.15) is 5.10 Å². The molecule has 0 aliphatic heterocycles. The normalized spacial score (nSPS) is 11.1. The largest absolute Gasteiger partial charge is 0.350 e. The van der Waals surface area contributed by atoms with Crippen LogP contribution in [-0.2, 0) is 24.8 Å². The first-order valence-electron chi connectivity index (χ1n) is 7.33. The maximum absolute atomic E-state index is 12.2. The second kappa shape index (κ2) is 6.04. The Morgan fingerprint density at radius 2 is 2.09 bits per heavy atom. The van der Waals surface area contributed by atoms with E-state index >= 15 is 0 Å². The molecule has 0 aliphatic carbocycles. The quantitative estimate of drug-likeness (QED) is 0.797. The van der Waals surface area contributed by atoms with E-state index in [0.29, 0.717) is 18.0 Å². The van der Waals surface area contributed by atoms with Crippen LogP contribution in [0.15, 0.2) is 24.5 Å². The van der Waals surface area contributed by atoms with Crippen molar-refractivity contribution in [1.29, 1.82) is 0 Å². The second-order valence-corrected chi connectivity index (χ2v) is 6.01. The van der Waals surface area contributed by atoms with Gasteiger partial charge in [-0.1, -0.05) is 11.6 Å². The molecule has 0 radical (unpaired) electrons. The summed E-state index contributed by atoms with van der Waals surface area (Å²) < 4.78 is 3.64. The number of carbonyl (C=O) groups is 1. The molecule has 0 saturated carbocycles. The first-order chi connectivity index (χ1) is 10.9. The van der Waals surface area contributed by atoms with Crippen LogP contribution >= 0.6 is 11.6 Å². The third-order valence-corrected chi connectivity index (χ3v) is 4.15. The molecule has 23 heavy (non-hydrogen) atoms. The molecule has 0 unspecified atom stereocenters. The number of hydrogen-bond acceptors (Lipinski definition) is 3. The first kappa shape index (κ1) is 15.6. The van der Waals surface area contributed by atoms with E-state index in [0.717, 1.165) is 28.3 Å². The minimum absolute atomic E-state index is 0.0423. The van der Waals surface area contributed by atoms with Gasteiger partial charge in [0.2, 0.25) is 5.91 Å². The number of hydrogen-bond donors (Lipinski definition) is 1. The van der Waals surface area contributed by atoms with E-state index in [-0.39, 0.29) is 5.91 Å². The summed E-state index contributed by atoms with van der Waals surface area (Å²) in [7, 11) is 1.88. The maximum Gasteiger partial charge on any atom is 0.224 e. The van der Waals surface area contributed by atoms with Gasteiger partial charge >= 0.3 is 0 Å². The van der Waals surface area contributed by atoms with Crippen molar-refractivity contribution in [1.82, 2.24) is 24.5 Å². The smallest absolute Gasteiger partial charge is 0.224 e. The highest BCUT2D eigenvalue weighted by molar-refractivity contribution is 6.30. The number of aryl methyl sites for hydroxylation is 2. The molecule has 3 rings (SSSR count). The lowest BCUT2D eigenvalue weighted by Gasteiger charge is -2.04. The van der Waals surface area contributed by atoms with Gasteiger partial charge in [-0.05, 0) is 26.0 Å². The molecule has 1 N–H and O–H groups in total. The lowest BCUT2D eigenvalue weighted by atomic mass is 10.1. The van der Waals surface area contributed by atoms with Gasteiger partial charge in [-0.15, -0.1) is 0 Å². The predicted molar refractivity (Wildman–Crippen MR) is 88.4 cm³/mol. The molecule has 7 heteroatoms. The fourth-order valence-electron chi connectivity index (χ4n) is 2.59. The molecule has 3 heterocycles. The second-order valence-electron chi connectivity index (χ2n) is 5.57. The fraction of sp³-hybridized carbons (Fsp3) is 0.312. The fourth-order valence-corrected chi connectivity index (χ4v) is 2.76. The molecule has 0 atom stereocenters. The number of amides is 1. The van der Waals surface area contributed by atoms with Gasteiger partial charge in [0.15, 0.2) is 0 Å². The van der Waals surface area contributed by atoms with Crippen LogP contribution in [0.2, 0.25) is 5.02 Å². The zero-order chi connectivity index (χ0) is 16.6. The molecule has 3 aromatic heterocycles. The molecule has 3 aromatic rings. The van der Waals surface area contributed by atoms with Crippen molar-refractivity contribution >= 4 is 23.2 Å². The Morgan fingerprint density at radius 1 is 1.30 bits per heavy atom. The zero-order valence-electron chi connectivity index (χ0n) is 13.3. The van der Waals surface area contributed by atoms with Crippen LogP contribution in [0.3, 0.4) is 0 Å². The number of fused-ring (bicyclic) bond motifs is 1. The minimum Gasteiger partial charge on any atom is -0.350 e. The first-order valence-corrected chi connectivity index (χ1v) is 7.70. The number of pyridine rings is 1. The summed E-state index contributed by atoms with van der Waals surface area (Å²) in [6.07, 6.45) is 3.98. The Bertz CT molecular complexity index is 880. The Kier molecular flexibility index (Phi) is 4.09. The summed E-state index contributed by atoms with van der Waals surface area (Å²) >= 11 is 5.95. The Hall–Kier alpha value is -2.34. The van der Waals surface area contributed by atoms with Crippen LogP contribution in [0.25, 0.3) is 5.65 Å². The third kappa shape index (κ3) is 3.22. The van der Waals surface area contributed by atoms with Crippen LogP contribution in [0, 0.1) is 13.8 Å². The van der Waals surface area contributed by atoms with Gasteiger partial charge in [0, 0.05) is 30.7 Å². The number of rotatable bonds is 4. The van der Waals surface area contributed by atoms with Crippen molar-refractivity contribution in [2.45, 2.75) is 26.8 Å². The summed E-state index contributed by atoms with van der Waals surface area (Å²) in [5, 5.41) is 7.88. The maximum atomic E-state index is 12.2. The van der Waals surface area contributed by atoms with Crippen LogP contribution in [0.5, 0.6) is 0 Å². The topological polar surface area (TPSA) is 64.2 Å². The van der Waals surface area contributed by atoms with E-state index in [9.17, 15) is 4.79 Å². The summed E-state index contributed by atoms with van der Waals surface area (Å²) in [6.45, 7) is 4.27. The lowest BCUT2D eigenvalue weighted by Crippen LogP contribution is -2.25. The van der Waals surface area contributed by atoms with Gasteiger partial charge in [0.1, 0.15) is 5.65 Å². The number of carbonyl (C=O) groups excluding carboxylic acids is 1. The van der Waals surface area contributed by atoms with E-state index in [1.807, 2.05) is 37.6 Å². The third-order valence-electron chi connectivity index (χ3n) is 3.93. The van der Waals surface area contributed by atoms with Crippen molar-refractivity contribution in [2.75, 3.05) is 0 Å². The zero-order valence-corrected chi connectivity index (χ0v) is 14.1. The van der Waals surface area contributed by atoms with E-state index in [1.165, 1.54) is 0 Å². The molecule has 0 bridgehead atoms. The van der Waals surface area contributed by atoms with Gasteiger partial charge in [0.25, 0.3) is 0 Å². The highest BCUT2D eigenvalue weighted by Gasteiger charge is 2.13. The Morgan fingerprint density at radius 3 is 2.78 bits per heavy atom. The van der Waals surface area contributed by atoms with Crippen molar-refractivity contribution in [3.05, 3.63) is 52.2 Å². The minimum atomic E-state index is -0.0423. The van der Waals surface area contributed by atoms with Crippen molar-refractivity contribution in [3.8, 4) is 0 Å². The van der Waals surface area contributed by atoms with Crippen LogP contribution < -0.4 is 5.32 Å². The van der Waals surface area contributed by atoms with Gasteiger partial charge in [-0.25, -0.2) is 4.98 Å². The van der Waals surface area contributed by atoms with Crippen LogP contribution in [0.4, 0.5) is 0 Å². The van der Waals surface area contributed by atoms with E-state index in [2.05, 4.69) is 15.4 Å². The van der Waals surface area contributed by atoms with Crippen molar-refractivity contribution in [3.63, 3.8) is 0 Å². The van der Waals surface area contributed by atoms with Gasteiger partial charge in [0.05, 0.1) is 29.4 Å². The highest BCUT2D eigenvalue weighted by atomic mass is 35.5.